The van der Waals surface area contributed by atoms with Gasteiger partial charge in [0, 0.05) is 11.7 Å². The number of esters is 1. The van der Waals surface area contributed by atoms with Gasteiger partial charge in [-0.1, -0.05) is 30.3 Å². The summed E-state index contributed by atoms with van der Waals surface area (Å²) in [5.74, 6) is -1.37. The Labute approximate surface area is 151 Å². The summed E-state index contributed by atoms with van der Waals surface area (Å²) in [6.07, 6.45) is 0. The first-order valence-electron chi connectivity index (χ1n) is 8.14. The summed E-state index contributed by atoms with van der Waals surface area (Å²) in [5, 5.41) is 7.73. The molecule has 2 aromatic carbocycles. The van der Waals surface area contributed by atoms with Crippen molar-refractivity contribution in [3.63, 3.8) is 0 Å². The van der Waals surface area contributed by atoms with E-state index in [1.54, 1.807) is 38.1 Å². The van der Waals surface area contributed by atoms with E-state index < -0.39 is 24.5 Å². The van der Waals surface area contributed by atoms with E-state index in [-0.39, 0.29) is 11.6 Å². The largest absolute Gasteiger partial charge is 0.452 e. The topological polar surface area (TPSA) is 96.5 Å². The lowest BCUT2D eigenvalue weighted by molar-refractivity contribution is -0.123. The average molecular weight is 355 g/mol. The van der Waals surface area contributed by atoms with Gasteiger partial charge in [-0.05, 0) is 38.1 Å². The van der Waals surface area contributed by atoms with E-state index in [1.807, 2.05) is 30.3 Å². The molecule has 3 N–H and O–H groups in total. The number of benzene rings is 2. The summed E-state index contributed by atoms with van der Waals surface area (Å²) in [6, 6.07) is 15.4. The molecule has 0 aliphatic heterocycles. The van der Waals surface area contributed by atoms with E-state index in [1.165, 1.54) is 0 Å². The van der Waals surface area contributed by atoms with Crippen LogP contribution in [0.1, 0.15) is 24.2 Å². The number of rotatable bonds is 6. The van der Waals surface area contributed by atoms with Gasteiger partial charge in [0.25, 0.3) is 5.91 Å². The molecule has 0 bridgehead atoms. The van der Waals surface area contributed by atoms with Crippen LogP contribution >= 0.6 is 0 Å². The van der Waals surface area contributed by atoms with Gasteiger partial charge < -0.3 is 15.4 Å². The maximum absolute atomic E-state index is 12.3. The Kier molecular flexibility index (Phi) is 6.73. The molecule has 2 aromatic rings. The maximum atomic E-state index is 12.3. The summed E-state index contributed by atoms with van der Waals surface area (Å²) in [5.41, 5.74) is 1.66. The highest BCUT2D eigenvalue weighted by Gasteiger charge is 2.15. The highest BCUT2D eigenvalue weighted by molar-refractivity contribution is 5.99. The Morgan fingerprint density at radius 2 is 1.62 bits per heavy atom. The second-order valence-electron chi connectivity index (χ2n) is 5.79. The van der Waals surface area contributed by atoms with Crippen molar-refractivity contribution in [3.05, 3.63) is 60.2 Å². The minimum Gasteiger partial charge on any atom is -0.452 e. The van der Waals surface area contributed by atoms with Crippen molar-refractivity contribution in [1.29, 1.82) is 0 Å². The van der Waals surface area contributed by atoms with Gasteiger partial charge in [-0.3, -0.25) is 10.1 Å². The second kappa shape index (κ2) is 9.22. The normalized spacial score (nSPS) is 10.1. The van der Waals surface area contributed by atoms with Gasteiger partial charge in [0.05, 0.1) is 11.3 Å². The molecule has 0 unspecified atom stereocenters. The zero-order valence-corrected chi connectivity index (χ0v) is 14.6. The lowest BCUT2D eigenvalue weighted by atomic mass is 10.1. The molecule has 0 saturated heterocycles. The van der Waals surface area contributed by atoms with Crippen molar-refractivity contribution in [1.82, 2.24) is 10.6 Å². The summed E-state index contributed by atoms with van der Waals surface area (Å²) < 4.78 is 5.00. The van der Waals surface area contributed by atoms with Crippen LogP contribution in [0.4, 0.5) is 16.2 Å². The summed E-state index contributed by atoms with van der Waals surface area (Å²) in [6.45, 7) is 2.98. The Bertz CT molecular complexity index is 775. The zero-order chi connectivity index (χ0) is 18.9. The maximum Gasteiger partial charge on any atom is 0.340 e. The Morgan fingerprint density at radius 1 is 0.962 bits per heavy atom. The van der Waals surface area contributed by atoms with E-state index in [0.717, 1.165) is 5.69 Å². The van der Waals surface area contributed by atoms with Crippen molar-refractivity contribution in [2.75, 3.05) is 11.9 Å². The highest BCUT2D eigenvalue weighted by Crippen LogP contribution is 2.21. The second-order valence-corrected chi connectivity index (χ2v) is 5.79. The van der Waals surface area contributed by atoms with Gasteiger partial charge in [-0.25, -0.2) is 9.59 Å². The molecule has 0 aliphatic carbocycles. The van der Waals surface area contributed by atoms with Crippen LogP contribution in [0.2, 0.25) is 0 Å². The van der Waals surface area contributed by atoms with Crippen LogP contribution in [0, 0.1) is 0 Å². The van der Waals surface area contributed by atoms with Crippen LogP contribution in [0.15, 0.2) is 54.6 Å². The third kappa shape index (κ3) is 5.94. The van der Waals surface area contributed by atoms with Crippen molar-refractivity contribution in [2.45, 2.75) is 19.9 Å². The molecule has 3 amide bonds. The van der Waals surface area contributed by atoms with Crippen LogP contribution in [0.3, 0.4) is 0 Å². The monoisotopic (exact) mass is 355 g/mol. The minimum absolute atomic E-state index is 0.110. The van der Waals surface area contributed by atoms with E-state index >= 15 is 0 Å². The number of carbonyl (C=O) groups is 3. The molecule has 2 rings (SSSR count). The predicted octanol–water partition coefficient (Wildman–Crippen LogP) is 2.82. The third-order valence-corrected chi connectivity index (χ3v) is 3.21. The fourth-order valence-electron chi connectivity index (χ4n) is 2.12. The SMILES string of the molecule is CC(C)NC(=O)NC(=O)COC(=O)c1ccccc1Nc1ccccc1. The van der Waals surface area contributed by atoms with Gasteiger partial charge in [-0.2, -0.15) is 0 Å². The predicted molar refractivity (Wildman–Crippen MR) is 98.3 cm³/mol. The van der Waals surface area contributed by atoms with Gasteiger partial charge in [0.15, 0.2) is 6.61 Å². The number of carbonyl (C=O) groups excluding carboxylic acids is 3. The Morgan fingerprint density at radius 3 is 2.31 bits per heavy atom. The Hall–Kier alpha value is -3.35. The first kappa shape index (κ1) is 19.0. The first-order chi connectivity index (χ1) is 12.5. The average Bonchev–Trinajstić information content (AvgIpc) is 2.60. The number of imide groups is 1. The van der Waals surface area contributed by atoms with E-state index in [4.69, 9.17) is 4.74 Å². The van der Waals surface area contributed by atoms with E-state index in [9.17, 15) is 14.4 Å². The van der Waals surface area contributed by atoms with Crippen molar-refractivity contribution < 1.29 is 19.1 Å². The highest BCUT2D eigenvalue weighted by atomic mass is 16.5. The molecule has 0 spiro atoms. The molecule has 0 aliphatic rings. The standard InChI is InChI=1S/C19H21N3O4/c1-13(2)20-19(25)22-17(23)12-26-18(24)15-10-6-7-11-16(15)21-14-8-4-3-5-9-14/h3-11,13,21H,12H2,1-2H3,(H2,20,22,23,25). The molecular formula is C19H21N3O4. The molecule has 0 atom stereocenters. The number of amides is 3. The van der Waals surface area contributed by atoms with Crippen LogP contribution in [0.25, 0.3) is 0 Å². The molecule has 0 radical (unpaired) electrons. The summed E-state index contributed by atoms with van der Waals surface area (Å²) >= 11 is 0. The number of hydrogen-bond donors (Lipinski definition) is 3. The quantitative estimate of drug-likeness (QED) is 0.693. The molecule has 0 saturated carbocycles. The number of urea groups is 1. The van der Waals surface area contributed by atoms with Gasteiger partial charge in [0.1, 0.15) is 0 Å². The van der Waals surface area contributed by atoms with Crippen LogP contribution in [-0.4, -0.2) is 30.6 Å². The number of nitrogens with one attached hydrogen (secondary N) is 3. The molecule has 136 valence electrons. The molecule has 0 fully saturated rings. The number of para-hydroxylation sites is 2. The molecule has 7 heteroatoms. The summed E-state index contributed by atoms with van der Waals surface area (Å²) in [4.78, 5) is 35.4. The fourth-order valence-corrected chi connectivity index (χ4v) is 2.12. The van der Waals surface area contributed by atoms with Crippen molar-refractivity contribution in [3.8, 4) is 0 Å². The van der Waals surface area contributed by atoms with E-state index in [0.29, 0.717) is 5.69 Å². The number of hydrogen-bond acceptors (Lipinski definition) is 5. The van der Waals surface area contributed by atoms with Crippen LogP contribution < -0.4 is 16.0 Å². The van der Waals surface area contributed by atoms with Gasteiger partial charge >= 0.3 is 12.0 Å². The zero-order valence-electron chi connectivity index (χ0n) is 14.6. The minimum atomic E-state index is -0.704. The number of anilines is 2. The number of ether oxygens (including phenoxy) is 1. The Balaban J connectivity index is 1.95. The van der Waals surface area contributed by atoms with Gasteiger partial charge in [-0.15, -0.1) is 0 Å². The smallest absolute Gasteiger partial charge is 0.340 e. The molecular weight excluding hydrogens is 334 g/mol. The molecule has 26 heavy (non-hydrogen) atoms. The van der Waals surface area contributed by atoms with Crippen LogP contribution in [0.5, 0.6) is 0 Å². The lowest BCUT2D eigenvalue weighted by Gasteiger charge is -2.12. The fraction of sp³-hybridized carbons (Fsp3) is 0.211. The van der Waals surface area contributed by atoms with E-state index in [2.05, 4.69) is 16.0 Å². The first-order valence-corrected chi connectivity index (χ1v) is 8.14. The van der Waals surface area contributed by atoms with Crippen molar-refractivity contribution >= 4 is 29.3 Å². The van der Waals surface area contributed by atoms with Gasteiger partial charge in [0.2, 0.25) is 0 Å². The summed E-state index contributed by atoms with van der Waals surface area (Å²) in [7, 11) is 0. The van der Waals surface area contributed by atoms with Crippen LogP contribution in [-0.2, 0) is 9.53 Å². The third-order valence-electron chi connectivity index (χ3n) is 3.21. The molecule has 7 nitrogen and oxygen atoms in total. The van der Waals surface area contributed by atoms with Crippen molar-refractivity contribution in [2.24, 2.45) is 0 Å². The molecule has 0 aromatic heterocycles. The molecule has 0 heterocycles. The lowest BCUT2D eigenvalue weighted by Crippen LogP contribution is -2.44.